The summed E-state index contributed by atoms with van der Waals surface area (Å²) in [5.41, 5.74) is 2.33. The lowest BCUT2D eigenvalue weighted by Gasteiger charge is -2.16. The smallest absolute Gasteiger partial charge is 0.319 e. The van der Waals surface area contributed by atoms with Gasteiger partial charge in [0.1, 0.15) is 0 Å². The first-order valence-electron chi connectivity index (χ1n) is 8.69. The molecule has 1 aliphatic carbocycles. The van der Waals surface area contributed by atoms with Gasteiger partial charge in [-0.25, -0.2) is 4.79 Å². The highest BCUT2D eigenvalue weighted by atomic mass is 16.2. The van der Waals surface area contributed by atoms with Crippen molar-refractivity contribution in [1.29, 1.82) is 0 Å². The van der Waals surface area contributed by atoms with E-state index in [2.05, 4.69) is 16.0 Å². The molecule has 2 aromatic rings. The van der Waals surface area contributed by atoms with Crippen molar-refractivity contribution < 1.29 is 9.59 Å². The maximum absolute atomic E-state index is 12.6. The fourth-order valence-corrected chi connectivity index (χ4v) is 2.74. The molecule has 1 saturated carbocycles. The zero-order valence-electron chi connectivity index (χ0n) is 14.3. The Labute approximate surface area is 147 Å². The molecule has 0 aromatic heterocycles. The average molecular weight is 337 g/mol. The lowest BCUT2D eigenvalue weighted by atomic mass is 9.95. The molecule has 3 rings (SSSR count). The van der Waals surface area contributed by atoms with Crippen LogP contribution in [0.5, 0.6) is 0 Å². The van der Waals surface area contributed by atoms with E-state index in [1.807, 2.05) is 49.4 Å². The van der Waals surface area contributed by atoms with E-state index in [-0.39, 0.29) is 17.9 Å². The van der Waals surface area contributed by atoms with Crippen molar-refractivity contribution in [1.82, 2.24) is 5.32 Å². The summed E-state index contributed by atoms with van der Waals surface area (Å²) in [6.45, 7) is 2.00. The van der Waals surface area contributed by atoms with Crippen LogP contribution in [0.4, 0.5) is 16.2 Å². The Morgan fingerprint density at radius 3 is 2.32 bits per heavy atom. The second kappa shape index (κ2) is 7.83. The summed E-state index contributed by atoms with van der Waals surface area (Å²) in [4.78, 5) is 24.4. The van der Waals surface area contributed by atoms with Crippen molar-refractivity contribution in [2.24, 2.45) is 0 Å². The highest BCUT2D eigenvalue weighted by molar-refractivity contribution is 5.97. The van der Waals surface area contributed by atoms with Crippen LogP contribution in [-0.4, -0.2) is 18.0 Å². The summed E-state index contributed by atoms with van der Waals surface area (Å²) in [6, 6.07) is 17.0. The predicted molar refractivity (Wildman–Crippen MR) is 99.7 cm³/mol. The zero-order valence-corrected chi connectivity index (χ0v) is 14.3. The van der Waals surface area contributed by atoms with Crippen LogP contribution in [0.3, 0.4) is 0 Å². The fraction of sp³-hybridized carbons (Fsp3) is 0.300. The first-order chi connectivity index (χ1) is 12.2. The lowest BCUT2D eigenvalue weighted by molar-refractivity contribution is -0.117. The largest absolute Gasteiger partial charge is 0.335 e. The molecule has 3 N–H and O–H groups in total. The second-order valence-corrected chi connectivity index (χ2v) is 6.31. The van der Waals surface area contributed by atoms with Gasteiger partial charge in [0.25, 0.3) is 0 Å². The van der Waals surface area contributed by atoms with Gasteiger partial charge in [-0.2, -0.15) is 0 Å². The molecule has 0 spiro atoms. The van der Waals surface area contributed by atoms with Crippen LogP contribution in [-0.2, 0) is 4.79 Å². The van der Waals surface area contributed by atoms with Gasteiger partial charge in [-0.1, -0.05) is 43.3 Å². The molecular formula is C20H23N3O2. The van der Waals surface area contributed by atoms with E-state index in [9.17, 15) is 9.59 Å². The minimum atomic E-state index is -0.207. The van der Waals surface area contributed by atoms with Crippen molar-refractivity contribution in [3.63, 3.8) is 0 Å². The topological polar surface area (TPSA) is 70.2 Å². The molecule has 1 unspecified atom stereocenters. The summed E-state index contributed by atoms with van der Waals surface area (Å²) < 4.78 is 0. The van der Waals surface area contributed by atoms with Gasteiger partial charge in [-0.3, -0.25) is 4.79 Å². The normalized spacial score (nSPS) is 14.4. The monoisotopic (exact) mass is 337 g/mol. The third-order valence-corrected chi connectivity index (χ3v) is 4.23. The number of anilines is 2. The van der Waals surface area contributed by atoms with E-state index in [0.717, 1.165) is 24.8 Å². The fourth-order valence-electron chi connectivity index (χ4n) is 2.74. The Morgan fingerprint density at radius 1 is 1.00 bits per heavy atom. The number of carbonyl (C=O) groups is 2. The molecule has 130 valence electrons. The molecule has 5 nitrogen and oxygen atoms in total. The van der Waals surface area contributed by atoms with Crippen LogP contribution in [0.25, 0.3) is 0 Å². The number of hydrogen-bond donors (Lipinski definition) is 3. The quantitative estimate of drug-likeness (QED) is 0.742. The number of hydrogen-bond acceptors (Lipinski definition) is 2. The second-order valence-electron chi connectivity index (χ2n) is 6.31. The Morgan fingerprint density at radius 2 is 1.68 bits per heavy atom. The van der Waals surface area contributed by atoms with Crippen molar-refractivity contribution in [3.05, 3.63) is 60.2 Å². The molecule has 0 radical (unpaired) electrons. The summed E-state index contributed by atoms with van der Waals surface area (Å²) in [5.74, 6) is -0.246. The van der Waals surface area contributed by atoms with Crippen LogP contribution in [0.1, 0.15) is 37.7 Å². The molecule has 0 aliphatic heterocycles. The molecule has 0 bridgehead atoms. The van der Waals surface area contributed by atoms with Gasteiger partial charge in [-0.05, 0) is 43.0 Å². The van der Waals surface area contributed by atoms with Crippen LogP contribution >= 0.6 is 0 Å². The molecular weight excluding hydrogens is 314 g/mol. The Kier molecular flexibility index (Phi) is 5.33. The number of rotatable bonds is 6. The summed E-state index contributed by atoms with van der Waals surface area (Å²) >= 11 is 0. The van der Waals surface area contributed by atoms with Crippen molar-refractivity contribution >= 4 is 23.3 Å². The van der Waals surface area contributed by atoms with Gasteiger partial charge in [0.2, 0.25) is 5.91 Å². The van der Waals surface area contributed by atoms with Crippen LogP contribution in [0, 0.1) is 0 Å². The average Bonchev–Trinajstić information content (AvgIpc) is 3.40. The highest BCUT2D eigenvalue weighted by Crippen LogP contribution is 2.23. The molecule has 1 aliphatic rings. The van der Waals surface area contributed by atoms with E-state index in [1.165, 1.54) is 0 Å². The van der Waals surface area contributed by atoms with Crippen LogP contribution in [0.2, 0.25) is 0 Å². The molecule has 0 saturated heterocycles. The summed E-state index contributed by atoms with van der Waals surface area (Å²) in [5, 5.41) is 8.62. The van der Waals surface area contributed by atoms with Crippen molar-refractivity contribution in [2.45, 2.75) is 38.1 Å². The van der Waals surface area contributed by atoms with E-state index < -0.39 is 0 Å². The minimum absolute atomic E-state index is 0.0479. The maximum Gasteiger partial charge on any atom is 0.319 e. The van der Waals surface area contributed by atoms with Gasteiger partial charge in [0, 0.05) is 17.4 Å². The minimum Gasteiger partial charge on any atom is -0.335 e. The van der Waals surface area contributed by atoms with Gasteiger partial charge in [0.15, 0.2) is 0 Å². The number of urea groups is 1. The van der Waals surface area contributed by atoms with Gasteiger partial charge >= 0.3 is 6.03 Å². The van der Waals surface area contributed by atoms with E-state index in [1.54, 1.807) is 12.1 Å². The van der Waals surface area contributed by atoms with Crippen LogP contribution < -0.4 is 16.0 Å². The standard InChI is InChI=1S/C20H23N3O2/c1-2-18(14-7-4-3-5-8-14)19(24)21-16-9-6-10-17(13-16)23-20(25)22-15-11-12-15/h3-10,13,15,18H,2,11-12H2,1H3,(H,21,24)(H2,22,23,25). The molecule has 2 aromatic carbocycles. The Bertz CT molecular complexity index is 742. The molecule has 25 heavy (non-hydrogen) atoms. The molecule has 5 heteroatoms. The number of amides is 3. The third kappa shape index (κ3) is 4.83. The van der Waals surface area contributed by atoms with Crippen molar-refractivity contribution in [3.8, 4) is 0 Å². The summed E-state index contributed by atoms with van der Waals surface area (Å²) in [6.07, 6.45) is 2.81. The number of benzene rings is 2. The zero-order chi connectivity index (χ0) is 17.6. The van der Waals surface area contributed by atoms with Gasteiger partial charge in [-0.15, -0.1) is 0 Å². The molecule has 1 fully saturated rings. The Hall–Kier alpha value is -2.82. The Balaban J connectivity index is 1.64. The van der Waals surface area contributed by atoms with E-state index in [4.69, 9.17) is 0 Å². The third-order valence-electron chi connectivity index (χ3n) is 4.23. The number of carbonyl (C=O) groups excluding carboxylic acids is 2. The predicted octanol–water partition coefficient (Wildman–Crippen LogP) is 4.10. The summed E-state index contributed by atoms with van der Waals surface area (Å²) in [7, 11) is 0. The van der Waals surface area contributed by atoms with E-state index in [0.29, 0.717) is 17.4 Å². The van der Waals surface area contributed by atoms with E-state index >= 15 is 0 Å². The van der Waals surface area contributed by atoms with Gasteiger partial charge < -0.3 is 16.0 Å². The molecule has 0 heterocycles. The lowest BCUT2D eigenvalue weighted by Crippen LogP contribution is -2.30. The first-order valence-corrected chi connectivity index (χ1v) is 8.69. The maximum atomic E-state index is 12.6. The highest BCUT2D eigenvalue weighted by Gasteiger charge is 2.23. The molecule has 1 atom stereocenters. The molecule has 3 amide bonds. The SMILES string of the molecule is CCC(C(=O)Nc1cccc(NC(=O)NC2CC2)c1)c1ccccc1. The first kappa shape index (κ1) is 17.0. The van der Waals surface area contributed by atoms with Gasteiger partial charge in [0.05, 0.1) is 5.92 Å². The number of nitrogens with one attached hydrogen (secondary N) is 3. The van der Waals surface area contributed by atoms with Crippen LogP contribution in [0.15, 0.2) is 54.6 Å². The van der Waals surface area contributed by atoms with Crippen molar-refractivity contribution in [2.75, 3.05) is 10.6 Å².